The summed E-state index contributed by atoms with van der Waals surface area (Å²) in [5, 5.41) is 6.17. The standard InChI is InChI=1S/C20H32BClN2O3Si/c1-14-11-16-15(12-23-24(16)13-25-9-10-28(6,7)8)17(18(14)22)21-26-19(2,3)20(4,5)27-21/h11-12H,9-10,13H2,1-8H3. The topological polar surface area (TPSA) is 45.5 Å². The summed E-state index contributed by atoms with van der Waals surface area (Å²) in [5.74, 6) is 0. The van der Waals surface area contributed by atoms with Gasteiger partial charge in [0, 0.05) is 30.6 Å². The second-order valence-corrected chi connectivity index (χ2v) is 15.9. The molecule has 2 heterocycles. The van der Waals surface area contributed by atoms with Crippen molar-refractivity contribution in [3.05, 3.63) is 22.8 Å². The molecular formula is C20H32BClN2O3Si. The Morgan fingerprint density at radius 2 is 1.79 bits per heavy atom. The maximum atomic E-state index is 6.70. The zero-order valence-electron chi connectivity index (χ0n) is 18.4. The molecule has 0 unspecified atom stereocenters. The van der Waals surface area contributed by atoms with Gasteiger partial charge in [-0.2, -0.15) is 5.10 Å². The number of fused-ring (bicyclic) bond motifs is 1. The molecule has 1 fully saturated rings. The van der Waals surface area contributed by atoms with E-state index < -0.39 is 26.4 Å². The summed E-state index contributed by atoms with van der Waals surface area (Å²) >= 11 is 6.70. The Morgan fingerprint density at radius 3 is 2.36 bits per heavy atom. The lowest BCUT2D eigenvalue weighted by Gasteiger charge is -2.32. The highest BCUT2D eigenvalue weighted by Gasteiger charge is 2.52. The van der Waals surface area contributed by atoms with Crippen LogP contribution in [0.2, 0.25) is 30.7 Å². The molecule has 1 aliphatic heterocycles. The Kier molecular flexibility index (Phi) is 5.80. The maximum absolute atomic E-state index is 6.70. The quantitative estimate of drug-likeness (QED) is 0.504. The smallest absolute Gasteiger partial charge is 0.399 e. The van der Waals surface area contributed by atoms with E-state index in [0.717, 1.165) is 34.6 Å². The number of hydrogen-bond donors (Lipinski definition) is 0. The zero-order chi connectivity index (χ0) is 20.9. The van der Waals surface area contributed by atoms with E-state index in [0.29, 0.717) is 11.8 Å². The first-order valence-corrected chi connectivity index (χ1v) is 14.0. The summed E-state index contributed by atoms with van der Waals surface area (Å²) < 4.78 is 20.3. The average Bonchev–Trinajstić information content (AvgIpc) is 3.02. The molecule has 1 saturated heterocycles. The highest BCUT2D eigenvalue weighted by molar-refractivity contribution is 6.76. The summed E-state index contributed by atoms with van der Waals surface area (Å²) in [4.78, 5) is 0. The van der Waals surface area contributed by atoms with E-state index in [2.05, 4.69) is 30.8 Å². The number of nitrogens with zero attached hydrogens (tertiary/aromatic N) is 2. The van der Waals surface area contributed by atoms with Crippen molar-refractivity contribution < 1.29 is 14.0 Å². The van der Waals surface area contributed by atoms with E-state index in [1.165, 1.54) is 0 Å². The Bertz CT molecular complexity index is 860. The molecule has 5 nitrogen and oxygen atoms in total. The molecule has 3 rings (SSSR count). The highest BCUT2D eigenvalue weighted by Crippen LogP contribution is 2.38. The highest BCUT2D eigenvalue weighted by atomic mass is 35.5. The van der Waals surface area contributed by atoms with Crippen LogP contribution in [0.3, 0.4) is 0 Å². The second-order valence-electron chi connectivity index (χ2n) is 9.93. The van der Waals surface area contributed by atoms with Crippen LogP contribution in [0.1, 0.15) is 33.3 Å². The number of hydrogen-bond acceptors (Lipinski definition) is 4. The van der Waals surface area contributed by atoms with Gasteiger partial charge in [0.15, 0.2) is 0 Å². The molecule has 28 heavy (non-hydrogen) atoms. The number of ether oxygens (including phenoxy) is 1. The monoisotopic (exact) mass is 422 g/mol. The largest absolute Gasteiger partial charge is 0.497 e. The number of rotatable bonds is 6. The van der Waals surface area contributed by atoms with Gasteiger partial charge >= 0.3 is 7.12 Å². The fraction of sp³-hybridized carbons (Fsp3) is 0.650. The van der Waals surface area contributed by atoms with Crippen molar-refractivity contribution in [1.82, 2.24) is 9.78 Å². The lowest BCUT2D eigenvalue weighted by atomic mass is 9.76. The first-order valence-electron chi connectivity index (χ1n) is 9.90. The zero-order valence-corrected chi connectivity index (χ0v) is 20.1. The summed E-state index contributed by atoms with van der Waals surface area (Å²) in [6.45, 7) is 18.4. The Balaban J connectivity index is 1.90. The first-order chi connectivity index (χ1) is 12.8. The molecule has 8 heteroatoms. The minimum Gasteiger partial charge on any atom is -0.399 e. The summed E-state index contributed by atoms with van der Waals surface area (Å²) in [6.07, 6.45) is 1.84. The van der Waals surface area contributed by atoms with Gasteiger partial charge < -0.3 is 14.0 Å². The van der Waals surface area contributed by atoms with Crippen LogP contribution in [-0.4, -0.2) is 42.8 Å². The van der Waals surface area contributed by atoms with E-state index in [4.69, 9.17) is 25.6 Å². The second kappa shape index (κ2) is 7.44. The van der Waals surface area contributed by atoms with E-state index in [-0.39, 0.29) is 0 Å². The maximum Gasteiger partial charge on any atom is 0.497 e. The lowest BCUT2D eigenvalue weighted by Crippen LogP contribution is -2.41. The molecule has 0 aliphatic carbocycles. The molecule has 154 valence electrons. The molecule has 1 aromatic heterocycles. The molecule has 0 bridgehead atoms. The third-order valence-electron chi connectivity index (χ3n) is 5.81. The number of aromatic nitrogens is 2. The van der Waals surface area contributed by atoms with Gasteiger partial charge in [-0.15, -0.1) is 0 Å². The van der Waals surface area contributed by atoms with Gasteiger partial charge in [-0.05, 0) is 52.3 Å². The number of halogens is 1. The van der Waals surface area contributed by atoms with Gasteiger partial charge in [-0.3, -0.25) is 0 Å². The van der Waals surface area contributed by atoms with Crippen molar-refractivity contribution in [2.45, 2.75) is 78.2 Å². The molecule has 0 atom stereocenters. The normalized spacial score (nSPS) is 19.0. The molecule has 0 saturated carbocycles. The fourth-order valence-corrected chi connectivity index (χ4v) is 4.18. The van der Waals surface area contributed by atoms with Crippen LogP contribution in [0.4, 0.5) is 0 Å². The molecular weight excluding hydrogens is 391 g/mol. The van der Waals surface area contributed by atoms with E-state index in [9.17, 15) is 0 Å². The summed E-state index contributed by atoms with van der Waals surface area (Å²) in [6, 6.07) is 3.19. The van der Waals surface area contributed by atoms with Crippen LogP contribution in [0.25, 0.3) is 10.9 Å². The molecule has 0 spiro atoms. The Labute approximate surface area is 174 Å². The Morgan fingerprint density at radius 1 is 1.18 bits per heavy atom. The molecule has 1 aromatic carbocycles. The van der Waals surface area contributed by atoms with Gasteiger partial charge in [0.1, 0.15) is 6.73 Å². The SMILES string of the molecule is Cc1cc2c(cnn2COCC[Si](C)(C)C)c(B2OC(C)(C)C(C)(C)O2)c1Cl. The summed E-state index contributed by atoms with van der Waals surface area (Å²) in [5.41, 5.74) is 1.96. The van der Waals surface area contributed by atoms with Gasteiger partial charge in [0.25, 0.3) is 0 Å². The van der Waals surface area contributed by atoms with Gasteiger partial charge in [-0.25, -0.2) is 4.68 Å². The molecule has 2 aromatic rings. The molecule has 1 aliphatic rings. The Hall–Kier alpha value is -0.858. The van der Waals surface area contributed by atoms with Crippen molar-refractivity contribution in [3.8, 4) is 0 Å². The predicted molar refractivity (Wildman–Crippen MR) is 119 cm³/mol. The first kappa shape index (κ1) is 21.8. The van der Waals surface area contributed by atoms with Gasteiger partial charge in [0.2, 0.25) is 0 Å². The fourth-order valence-electron chi connectivity index (χ4n) is 3.18. The van der Waals surface area contributed by atoms with E-state index >= 15 is 0 Å². The van der Waals surface area contributed by atoms with Crippen LogP contribution >= 0.6 is 11.6 Å². The minimum absolute atomic E-state index is 0.424. The molecule has 0 N–H and O–H groups in total. The molecule has 0 radical (unpaired) electrons. The number of aryl methyl sites for hydroxylation is 1. The van der Waals surface area contributed by atoms with Crippen LogP contribution in [0.15, 0.2) is 12.3 Å². The lowest BCUT2D eigenvalue weighted by molar-refractivity contribution is 0.00578. The minimum atomic E-state index is -1.11. The third-order valence-corrected chi connectivity index (χ3v) is 8.01. The summed E-state index contributed by atoms with van der Waals surface area (Å²) in [7, 11) is -1.63. The predicted octanol–water partition coefficient (Wildman–Crippen LogP) is 4.61. The van der Waals surface area contributed by atoms with Crippen molar-refractivity contribution in [2.24, 2.45) is 0 Å². The van der Waals surface area contributed by atoms with Crippen molar-refractivity contribution in [2.75, 3.05) is 6.61 Å². The van der Waals surface area contributed by atoms with Crippen LogP contribution in [0, 0.1) is 6.92 Å². The van der Waals surface area contributed by atoms with Gasteiger partial charge in [0.05, 0.1) is 22.9 Å². The van der Waals surface area contributed by atoms with Gasteiger partial charge in [-0.1, -0.05) is 31.2 Å². The average molecular weight is 423 g/mol. The van der Waals surface area contributed by atoms with E-state index in [1.54, 1.807) is 0 Å². The molecule has 0 amide bonds. The van der Waals surface area contributed by atoms with Crippen molar-refractivity contribution in [1.29, 1.82) is 0 Å². The van der Waals surface area contributed by atoms with Crippen LogP contribution in [-0.2, 0) is 20.8 Å². The number of benzene rings is 1. The van der Waals surface area contributed by atoms with Crippen molar-refractivity contribution >= 4 is 43.2 Å². The third kappa shape index (κ3) is 4.19. The van der Waals surface area contributed by atoms with Crippen LogP contribution < -0.4 is 5.46 Å². The van der Waals surface area contributed by atoms with Crippen molar-refractivity contribution in [3.63, 3.8) is 0 Å². The van der Waals surface area contributed by atoms with Crippen LogP contribution in [0.5, 0.6) is 0 Å². The van der Waals surface area contributed by atoms with E-state index in [1.807, 2.05) is 45.5 Å².